The van der Waals surface area contributed by atoms with E-state index in [9.17, 15) is 14.4 Å². The topological polar surface area (TPSA) is 129 Å². The number of ether oxygens (including phenoxy) is 1. The van der Waals surface area contributed by atoms with E-state index in [1.165, 1.54) is 19.1 Å². The minimum Gasteiger partial charge on any atom is -0.378 e. The maximum absolute atomic E-state index is 14.2. The molecule has 0 bridgehead atoms. The van der Waals surface area contributed by atoms with Crippen LogP contribution < -0.4 is 15.5 Å². The number of fused-ring (bicyclic) bond motifs is 1. The van der Waals surface area contributed by atoms with Gasteiger partial charge in [0.15, 0.2) is 11.6 Å². The quantitative estimate of drug-likeness (QED) is 0.420. The smallest absolute Gasteiger partial charge is 0.229 e. The van der Waals surface area contributed by atoms with Crippen LogP contribution in [0.3, 0.4) is 0 Å². The lowest BCUT2D eigenvalue weighted by atomic mass is 10.0. The van der Waals surface area contributed by atoms with Gasteiger partial charge in [0.25, 0.3) is 0 Å². The molecule has 0 saturated carbocycles. The normalized spacial score (nSPS) is 13.3. The van der Waals surface area contributed by atoms with E-state index in [-0.39, 0.29) is 23.1 Å². The number of anilines is 4. The Bertz CT molecular complexity index is 1530. The van der Waals surface area contributed by atoms with Crippen molar-refractivity contribution in [3.63, 3.8) is 0 Å². The second-order valence-corrected chi connectivity index (χ2v) is 8.45. The number of carbonyl (C=O) groups excluding carboxylic acids is 1. The molecule has 0 atom stereocenters. The molecule has 1 aliphatic heterocycles. The van der Waals surface area contributed by atoms with Gasteiger partial charge in [-0.25, -0.2) is 9.37 Å². The van der Waals surface area contributed by atoms with Gasteiger partial charge in [-0.1, -0.05) is 6.07 Å². The van der Waals surface area contributed by atoms with Gasteiger partial charge in [0.2, 0.25) is 11.9 Å². The van der Waals surface area contributed by atoms with Crippen molar-refractivity contribution in [1.29, 1.82) is 5.26 Å². The van der Waals surface area contributed by atoms with E-state index in [1.807, 2.05) is 24.0 Å². The summed E-state index contributed by atoms with van der Waals surface area (Å²) in [7, 11) is 0. The summed E-state index contributed by atoms with van der Waals surface area (Å²) >= 11 is 0. The van der Waals surface area contributed by atoms with E-state index >= 15 is 0 Å². The van der Waals surface area contributed by atoms with Crippen molar-refractivity contribution in [2.24, 2.45) is 0 Å². The molecule has 1 saturated heterocycles. The molecule has 1 aliphatic rings. The number of rotatable bonds is 5. The van der Waals surface area contributed by atoms with Crippen LogP contribution in [0.2, 0.25) is 0 Å². The Morgan fingerprint density at radius 2 is 1.92 bits per heavy atom. The lowest BCUT2D eigenvalue weighted by Gasteiger charge is -2.28. The van der Waals surface area contributed by atoms with E-state index in [0.29, 0.717) is 60.2 Å². The molecular formula is C26H23FN8O2. The number of nitriles is 1. The molecule has 11 heteroatoms. The zero-order chi connectivity index (χ0) is 25.9. The van der Waals surface area contributed by atoms with E-state index in [1.54, 1.807) is 18.3 Å². The van der Waals surface area contributed by atoms with Crippen LogP contribution in [0.1, 0.15) is 18.1 Å². The standard InChI is InChI=1S/C26H23FN8O2/c1-15-22(18-7-6-17(27)13-21(18)31-23(15)20-5-3-4-8-29-20)32-25-19(14-28)24(30-16(2)36)33-26(34-25)35-9-11-37-12-10-35/h3-8,13H,9-12H2,1-2H3,(H2,30,31,32,33,34,36). The SMILES string of the molecule is CC(=O)Nc1nc(N2CCOCC2)nc(Nc2c(C)c(-c3ccccn3)nc3cc(F)ccc23)c1C#N. The van der Waals surface area contributed by atoms with Crippen LogP contribution in [0.25, 0.3) is 22.3 Å². The third kappa shape index (κ3) is 4.87. The molecule has 0 aliphatic carbocycles. The first-order valence-corrected chi connectivity index (χ1v) is 11.7. The van der Waals surface area contributed by atoms with E-state index in [0.717, 1.165) is 5.56 Å². The molecule has 1 amide bonds. The number of morpholine rings is 1. The van der Waals surface area contributed by atoms with Crippen molar-refractivity contribution >= 4 is 40.1 Å². The Hall–Kier alpha value is -4.69. The fourth-order valence-corrected chi connectivity index (χ4v) is 4.17. The largest absolute Gasteiger partial charge is 0.378 e. The van der Waals surface area contributed by atoms with Gasteiger partial charge in [-0.05, 0) is 31.2 Å². The Morgan fingerprint density at radius 3 is 2.62 bits per heavy atom. The van der Waals surface area contributed by atoms with Gasteiger partial charge in [0.1, 0.15) is 17.4 Å². The second kappa shape index (κ2) is 10.1. The monoisotopic (exact) mass is 498 g/mol. The molecule has 3 aromatic heterocycles. The molecule has 2 N–H and O–H groups in total. The third-order valence-electron chi connectivity index (χ3n) is 5.94. The van der Waals surface area contributed by atoms with Gasteiger partial charge in [0.05, 0.1) is 35.8 Å². The molecular weight excluding hydrogens is 475 g/mol. The summed E-state index contributed by atoms with van der Waals surface area (Å²) in [5.41, 5.74) is 2.97. The molecule has 0 radical (unpaired) electrons. The average Bonchev–Trinajstić information content (AvgIpc) is 2.90. The predicted molar refractivity (Wildman–Crippen MR) is 137 cm³/mol. The van der Waals surface area contributed by atoms with Crippen molar-refractivity contribution in [1.82, 2.24) is 19.9 Å². The second-order valence-electron chi connectivity index (χ2n) is 8.45. The maximum atomic E-state index is 14.2. The molecule has 1 aromatic carbocycles. The number of aromatic nitrogens is 4. The summed E-state index contributed by atoms with van der Waals surface area (Å²) in [5, 5.41) is 16.6. The molecule has 10 nitrogen and oxygen atoms in total. The summed E-state index contributed by atoms with van der Waals surface area (Å²) in [6.45, 7) is 5.35. The van der Waals surface area contributed by atoms with Crippen LogP contribution in [0.4, 0.5) is 27.7 Å². The summed E-state index contributed by atoms with van der Waals surface area (Å²) in [5.74, 6) is -0.146. The third-order valence-corrected chi connectivity index (χ3v) is 5.94. The number of carbonyl (C=O) groups is 1. The Kier molecular flexibility index (Phi) is 6.57. The van der Waals surface area contributed by atoms with Crippen molar-refractivity contribution in [2.45, 2.75) is 13.8 Å². The van der Waals surface area contributed by atoms with Crippen molar-refractivity contribution in [3.8, 4) is 17.5 Å². The highest BCUT2D eigenvalue weighted by molar-refractivity contribution is 5.98. The highest BCUT2D eigenvalue weighted by Crippen LogP contribution is 2.36. The first-order valence-electron chi connectivity index (χ1n) is 11.7. The fraction of sp³-hybridized carbons (Fsp3) is 0.231. The molecule has 0 spiro atoms. The number of hydrogen-bond donors (Lipinski definition) is 2. The van der Waals surface area contributed by atoms with E-state index in [4.69, 9.17) is 4.74 Å². The van der Waals surface area contributed by atoms with Crippen molar-refractivity contribution in [3.05, 3.63) is 59.5 Å². The van der Waals surface area contributed by atoms with Gasteiger partial charge in [-0.15, -0.1) is 0 Å². The first kappa shape index (κ1) is 24.0. The summed E-state index contributed by atoms with van der Waals surface area (Å²) in [4.78, 5) is 32.1. The minimum atomic E-state index is -0.427. The van der Waals surface area contributed by atoms with Gasteiger partial charge in [-0.3, -0.25) is 9.78 Å². The molecule has 4 aromatic rings. The highest BCUT2D eigenvalue weighted by atomic mass is 19.1. The average molecular weight is 499 g/mol. The number of amides is 1. The number of hydrogen-bond acceptors (Lipinski definition) is 9. The van der Waals surface area contributed by atoms with Crippen LogP contribution in [-0.4, -0.2) is 52.1 Å². The molecule has 5 rings (SSSR count). The number of pyridine rings is 2. The Morgan fingerprint density at radius 1 is 1.14 bits per heavy atom. The summed E-state index contributed by atoms with van der Waals surface area (Å²) < 4.78 is 19.6. The lowest BCUT2D eigenvalue weighted by Crippen LogP contribution is -2.37. The number of halogens is 1. The van der Waals surface area contributed by atoms with Crippen molar-refractivity contribution < 1.29 is 13.9 Å². The molecule has 186 valence electrons. The minimum absolute atomic E-state index is 0.0677. The number of benzene rings is 1. The van der Waals surface area contributed by atoms with Gasteiger partial charge in [-0.2, -0.15) is 15.2 Å². The van der Waals surface area contributed by atoms with E-state index in [2.05, 4.69) is 36.6 Å². The summed E-state index contributed by atoms with van der Waals surface area (Å²) in [6, 6.07) is 11.9. The van der Waals surface area contributed by atoms with Crippen LogP contribution in [0.5, 0.6) is 0 Å². The van der Waals surface area contributed by atoms with Crippen LogP contribution in [-0.2, 0) is 9.53 Å². The molecule has 4 heterocycles. The van der Waals surface area contributed by atoms with Gasteiger partial charge in [0, 0.05) is 43.2 Å². The van der Waals surface area contributed by atoms with Crippen LogP contribution in [0, 0.1) is 24.1 Å². The van der Waals surface area contributed by atoms with E-state index < -0.39 is 5.82 Å². The molecule has 37 heavy (non-hydrogen) atoms. The highest BCUT2D eigenvalue weighted by Gasteiger charge is 2.23. The number of nitrogens with one attached hydrogen (secondary N) is 2. The molecule has 0 unspecified atom stereocenters. The summed E-state index contributed by atoms with van der Waals surface area (Å²) in [6.07, 6.45) is 1.66. The van der Waals surface area contributed by atoms with Gasteiger partial charge >= 0.3 is 0 Å². The van der Waals surface area contributed by atoms with Crippen LogP contribution >= 0.6 is 0 Å². The lowest BCUT2D eigenvalue weighted by molar-refractivity contribution is -0.114. The molecule has 1 fully saturated rings. The number of nitrogens with zero attached hydrogens (tertiary/aromatic N) is 6. The first-order chi connectivity index (χ1) is 17.9. The Labute approximate surface area is 212 Å². The van der Waals surface area contributed by atoms with Gasteiger partial charge < -0.3 is 20.3 Å². The zero-order valence-electron chi connectivity index (χ0n) is 20.2. The Balaban J connectivity index is 1.71. The van der Waals surface area contributed by atoms with Crippen molar-refractivity contribution in [2.75, 3.05) is 41.8 Å². The zero-order valence-corrected chi connectivity index (χ0v) is 20.2. The van der Waals surface area contributed by atoms with Crippen LogP contribution in [0.15, 0.2) is 42.6 Å². The predicted octanol–water partition coefficient (Wildman–Crippen LogP) is 3.94. The fourth-order valence-electron chi connectivity index (χ4n) is 4.17. The maximum Gasteiger partial charge on any atom is 0.229 e.